The Hall–Kier alpha value is -1.17. The summed E-state index contributed by atoms with van der Waals surface area (Å²) < 4.78 is 14.7. The number of halogens is 1. The Morgan fingerprint density at radius 1 is 1.39 bits per heavy atom. The number of hydrogen-bond acceptors (Lipinski definition) is 5. The van der Waals surface area contributed by atoms with Crippen LogP contribution in [0.15, 0.2) is 18.2 Å². The van der Waals surface area contributed by atoms with Crippen LogP contribution in [0.4, 0.5) is 0 Å². The molecule has 0 atom stereocenters. The van der Waals surface area contributed by atoms with Gasteiger partial charge in [-0.25, -0.2) is 0 Å². The maximum absolute atomic E-state index is 6.08. The first-order valence-corrected chi connectivity index (χ1v) is 6.59. The van der Waals surface area contributed by atoms with Crippen LogP contribution in [-0.2, 0) is 11.2 Å². The average Bonchev–Trinajstić information content (AvgIpc) is 2.78. The molecule has 2 rings (SSSR count). The molecule has 6 heteroatoms. The summed E-state index contributed by atoms with van der Waals surface area (Å²) in [6.45, 7) is 2.57. The molecule has 0 aliphatic carbocycles. The fourth-order valence-electron chi connectivity index (χ4n) is 1.36. The van der Waals surface area contributed by atoms with E-state index in [0.29, 0.717) is 29.0 Å². The van der Waals surface area contributed by atoms with E-state index in [9.17, 15) is 0 Å². The summed E-state index contributed by atoms with van der Waals surface area (Å²) in [6.07, 6.45) is 0.679. The highest BCUT2D eigenvalue weighted by Gasteiger charge is 2.08. The van der Waals surface area contributed by atoms with Crippen molar-refractivity contribution in [3.8, 4) is 10.9 Å². The van der Waals surface area contributed by atoms with Crippen molar-refractivity contribution in [2.24, 2.45) is 0 Å². The molecule has 0 amide bonds. The van der Waals surface area contributed by atoms with Crippen LogP contribution in [-0.4, -0.2) is 23.1 Å². The third-order valence-corrected chi connectivity index (χ3v) is 3.19. The number of benzene rings is 1. The standard InChI is InChI=1S/C12H13ClN2O2S/c1-8-3-4-10(9(13)7-8)17-12-14-11(15-18-12)5-6-16-2/h3-4,7H,5-6H2,1-2H3. The van der Waals surface area contributed by atoms with Crippen molar-refractivity contribution in [1.29, 1.82) is 0 Å². The molecule has 1 heterocycles. The van der Waals surface area contributed by atoms with Crippen LogP contribution in [0.25, 0.3) is 0 Å². The Morgan fingerprint density at radius 2 is 2.22 bits per heavy atom. The van der Waals surface area contributed by atoms with E-state index in [1.165, 1.54) is 11.5 Å². The molecule has 0 unspecified atom stereocenters. The van der Waals surface area contributed by atoms with Crippen molar-refractivity contribution in [3.05, 3.63) is 34.6 Å². The van der Waals surface area contributed by atoms with Crippen molar-refractivity contribution < 1.29 is 9.47 Å². The first-order chi connectivity index (χ1) is 8.69. The Labute approximate surface area is 115 Å². The van der Waals surface area contributed by atoms with Gasteiger partial charge in [-0.3, -0.25) is 0 Å². The van der Waals surface area contributed by atoms with Gasteiger partial charge in [-0.1, -0.05) is 17.7 Å². The van der Waals surface area contributed by atoms with E-state index < -0.39 is 0 Å². The summed E-state index contributed by atoms with van der Waals surface area (Å²) in [4.78, 5) is 4.25. The van der Waals surface area contributed by atoms with E-state index in [1.54, 1.807) is 7.11 Å². The maximum atomic E-state index is 6.08. The van der Waals surface area contributed by atoms with Crippen LogP contribution < -0.4 is 4.74 Å². The fourth-order valence-corrected chi connectivity index (χ4v) is 2.22. The highest BCUT2D eigenvalue weighted by Crippen LogP contribution is 2.30. The Balaban J connectivity index is 2.06. The van der Waals surface area contributed by atoms with Crippen LogP contribution in [0.2, 0.25) is 5.02 Å². The molecule has 0 saturated carbocycles. The monoisotopic (exact) mass is 284 g/mol. The summed E-state index contributed by atoms with van der Waals surface area (Å²) in [5.41, 5.74) is 1.09. The molecule has 0 spiro atoms. The van der Waals surface area contributed by atoms with Gasteiger partial charge >= 0.3 is 0 Å². The predicted octanol–water partition coefficient (Wildman–Crippen LogP) is 3.48. The van der Waals surface area contributed by atoms with Crippen molar-refractivity contribution in [3.63, 3.8) is 0 Å². The van der Waals surface area contributed by atoms with E-state index in [1.807, 2.05) is 25.1 Å². The van der Waals surface area contributed by atoms with Gasteiger partial charge in [-0.2, -0.15) is 9.36 Å². The average molecular weight is 285 g/mol. The van der Waals surface area contributed by atoms with Gasteiger partial charge in [0.1, 0.15) is 11.6 Å². The van der Waals surface area contributed by atoms with E-state index in [-0.39, 0.29) is 0 Å². The van der Waals surface area contributed by atoms with E-state index in [0.717, 1.165) is 11.4 Å². The Morgan fingerprint density at radius 3 is 2.94 bits per heavy atom. The zero-order chi connectivity index (χ0) is 13.0. The molecule has 0 saturated heterocycles. The summed E-state index contributed by atoms with van der Waals surface area (Å²) in [5, 5.41) is 1.07. The molecular formula is C12H13ClN2O2S. The highest BCUT2D eigenvalue weighted by atomic mass is 35.5. The number of methoxy groups -OCH3 is 1. The molecule has 0 radical (unpaired) electrons. The second kappa shape index (κ2) is 6.13. The minimum atomic E-state index is 0.492. The van der Waals surface area contributed by atoms with E-state index in [4.69, 9.17) is 21.1 Å². The SMILES string of the molecule is COCCc1nsc(Oc2ccc(C)cc2Cl)n1. The second-order valence-electron chi connectivity index (χ2n) is 3.76. The van der Waals surface area contributed by atoms with Gasteiger partial charge in [0.05, 0.1) is 11.6 Å². The molecule has 0 bridgehead atoms. The minimum absolute atomic E-state index is 0.492. The lowest BCUT2D eigenvalue weighted by Crippen LogP contribution is -1.96. The highest BCUT2D eigenvalue weighted by molar-refractivity contribution is 7.07. The lowest BCUT2D eigenvalue weighted by molar-refractivity contribution is 0.200. The topological polar surface area (TPSA) is 44.2 Å². The summed E-state index contributed by atoms with van der Waals surface area (Å²) in [5.74, 6) is 1.32. The first-order valence-electron chi connectivity index (χ1n) is 5.44. The van der Waals surface area contributed by atoms with Gasteiger partial charge in [0.2, 0.25) is 0 Å². The Bertz CT molecular complexity index is 531. The normalized spacial score (nSPS) is 10.6. The molecule has 0 N–H and O–H groups in total. The van der Waals surface area contributed by atoms with Crippen molar-refractivity contribution in [2.75, 3.05) is 13.7 Å². The summed E-state index contributed by atoms with van der Waals surface area (Å²) in [6, 6.07) is 5.62. The minimum Gasteiger partial charge on any atom is -0.428 e. The maximum Gasteiger partial charge on any atom is 0.298 e. The van der Waals surface area contributed by atoms with Crippen molar-refractivity contribution in [1.82, 2.24) is 9.36 Å². The number of aromatic nitrogens is 2. The number of ether oxygens (including phenoxy) is 2. The third kappa shape index (κ3) is 3.41. The number of rotatable bonds is 5. The third-order valence-electron chi connectivity index (χ3n) is 2.26. The molecule has 0 aliphatic heterocycles. The first kappa shape index (κ1) is 13.3. The molecule has 4 nitrogen and oxygen atoms in total. The van der Waals surface area contributed by atoms with Crippen LogP contribution in [0, 0.1) is 6.92 Å². The molecule has 96 valence electrons. The zero-order valence-electron chi connectivity index (χ0n) is 10.1. The number of hydrogen-bond donors (Lipinski definition) is 0. The van der Waals surface area contributed by atoms with Gasteiger partial charge in [-0.15, -0.1) is 0 Å². The van der Waals surface area contributed by atoms with Crippen molar-refractivity contribution in [2.45, 2.75) is 13.3 Å². The van der Waals surface area contributed by atoms with Gasteiger partial charge in [0, 0.05) is 25.1 Å². The van der Waals surface area contributed by atoms with Crippen LogP contribution in [0.1, 0.15) is 11.4 Å². The van der Waals surface area contributed by atoms with Crippen LogP contribution in [0.5, 0.6) is 10.9 Å². The van der Waals surface area contributed by atoms with E-state index >= 15 is 0 Å². The van der Waals surface area contributed by atoms with E-state index in [2.05, 4.69) is 9.36 Å². The molecule has 0 aliphatic rings. The molecule has 1 aromatic heterocycles. The fraction of sp³-hybridized carbons (Fsp3) is 0.333. The van der Waals surface area contributed by atoms with Crippen LogP contribution in [0.3, 0.4) is 0 Å². The zero-order valence-corrected chi connectivity index (χ0v) is 11.7. The van der Waals surface area contributed by atoms with Crippen LogP contribution >= 0.6 is 23.1 Å². The quantitative estimate of drug-likeness (QED) is 0.843. The van der Waals surface area contributed by atoms with Gasteiger partial charge < -0.3 is 9.47 Å². The molecular weight excluding hydrogens is 272 g/mol. The summed E-state index contributed by atoms with van der Waals surface area (Å²) >= 11 is 7.29. The van der Waals surface area contributed by atoms with Crippen molar-refractivity contribution >= 4 is 23.1 Å². The Kier molecular flexibility index (Phi) is 4.52. The predicted molar refractivity (Wildman–Crippen MR) is 71.8 cm³/mol. The van der Waals surface area contributed by atoms with Gasteiger partial charge in [0.15, 0.2) is 0 Å². The number of aryl methyl sites for hydroxylation is 1. The lowest BCUT2D eigenvalue weighted by atomic mass is 10.2. The lowest BCUT2D eigenvalue weighted by Gasteiger charge is -2.04. The largest absolute Gasteiger partial charge is 0.428 e. The summed E-state index contributed by atoms with van der Waals surface area (Å²) in [7, 11) is 1.65. The molecule has 0 fully saturated rings. The molecule has 2 aromatic rings. The number of nitrogens with zero attached hydrogens (tertiary/aromatic N) is 2. The smallest absolute Gasteiger partial charge is 0.298 e. The molecule has 1 aromatic carbocycles. The molecule has 18 heavy (non-hydrogen) atoms. The van der Waals surface area contributed by atoms with Gasteiger partial charge in [0.25, 0.3) is 5.19 Å². The van der Waals surface area contributed by atoms with Gasteiger partial charge in [-0.05, 0) is 24.6 Å². The second-order valence-corrected chi connectivity index (χ2v) is 4.88.